The van der Waals surface area contributed by atoms with Crippen LogP contribution in [0.3, 0.4) is 0 Å². The molecule has 1 aliphatic rings. The first-order valence-electron chi connectivity index (χ1n) is 8.79. The molecular weight excluding hydrogens is 343 g/mol. The number of carbonyl (C=O) groups excluding carboxylic acids is 2. The minimum Gasteiger partial charge on any atom is -0.365 e. The molecule has 0 unspecified atom stereocenters. The summed E-state index contributed by atoms with van der Waals surface area (Å²) >= 11 is 0. The summed E-state index contributed by atoms with van der Waals surface area (Å²) in [4.78, 5) is 30.7. The lowest BCUT2D eigenvalue weighted by Crippen LogP contribution is -2.40. The van der Waals surface area contributed by atoms with Crippen molar-refractivity contribution >= 4 is 24.1 Å². The van der Waals surface area contributed by atoms with Crippen molar-refractivity contribution in [3.8, 4) is 0 Å². The molecule has 1 heterocycles. The Balaban J connectivity index is 1.91. The van der Waals surface area contributed by atoms with E-state index < -0.39 is 17.6 Å². The number of halogens is 1. The molecule has 9 nitrogen and oxygen atoms in total. The van der Waals surface area contributed by atoms with E-state index >= 15 is 0 Å². The van der Waals surface area contributed by atoms with E-state index in [0.29, 0.717) is 11.5 Å². The number of amides is 2. The van der Waals surface area contributed by atoms with Gasteiger partial charge in [-0.15, -0.1) is 0 Å². The monoisotopic (exact) mass is 368 g/mol. The summed E-state index contributed by atoms with van der Waals surface area (Å²) in [7, 11) is 0. The molecule has 0 radical (unpaired) electrons. The van der Waals surface area contributed by atoms with E-state index in [1.165, 1.54) is 0 Å². The normalized spacial score (nSPS) is 14.4. The summed E-state index contributed by atoms with van der Waals surface area (Å²) in [5.74, 6) is -1.43. The van der Waals surface area contributed by atoms with Gasteiger partial charge in [0.25, 0.3) is 0 Å². The van der Waals surface area contributed by atoms with E-state index in [2.05, 4.69) is 26.1 Å². The van der Waals surface area contributed by atoms with Crippen LogP contribution >= 0.6 is 0 Å². The number of unbranched alkanes of at least 4 members (excludes halogenated alkanes) is 2. The maximum atomic E-state index is 13.7. The van der Waals surface area contributed by atoms with Crippen LogP contribution in [0.4, 0.5) is 16.2 Å². The van der Waals surface area contributed by atoms with Crippen LogP contribution < -0.4 is 16.2 Å². The predicted molar refractivity (Wildman–Crippen MR) is 92.6 cm³/mol. The molecule has 4 N–H and O–H groups in total. The van der Waals surface area contributed by atoms with Gasteiger partial charge in [0.15, 0.2) is 11.6 Å². The Morgan fingerprint density at radius 3 is 2.92 bits per heavy atom. The van der Waals surface area contributed by atoms with Gasteiger partial charge in [0.05, 0.1) is 18.7 Å². The first kappa shape index (κ1) is 19.8. The number of hydrazine groups is 1. The maximum Gasteiger partial charge on any atom is 0.243 e. The maximum absolute atomic E-state index is 13.7. The van der Waals surface area contributed by atoms with Crippen LogP contribution in [0.15, 0.2) is 6.20 Å². The number of hydrogen-bond acceptors (Lipinski definition) is 7. The van der Waals surface area contributed by atoms with Gasteiger partial charge in [-0.1, -0.05) is 26.2 Å². The molecule has 10 heteroatoms. The minimum absolute atomic E-state index is 0.0476. The Morgan fingerprint density at radius 1 is 1.50 bits per heavy atom. The SMILES string of the molecule is CCCCC[C@H](CN(O)C=O)C(=O)NNc1ncc(F)c(NC2CC2)n1. The molecule has 0 spiro atoms. The molecule has 0 bridgehead atoms. The van der Waals surface area contributed by atoms with Gasteiger partial charge < -0.3 is 5.32 Å². The van der Waals surface area contributed by atoms with Gasteiger partial charge in [-0.2, -0.15) is 4.98 Å². The second kappa shape index (κ2) is 9.85. The lowest BCUT2D eigenvalue weighted by molar-refractivity contribution is -0.154. The second-order valence-electron chi connectivity index (χ2n) is 6.34. The number of hydrogen-bond donors (Lipinski definition) is 4. The molecule has 0 aliphatic heterocycles. The summed E-state index contributed by atoms with van der Waals surface area (Å²) < 4.78 is 13.7. The first-order valence-corrected chi connectivity index (χ1v) is 8.79. The van der Waals surface area contributed by atoms with Crippen molar-refractivity contribution in [2.24, 2.45) is 5.92 Å². The van der Waals surface area contributed by atoms with Crippen molar-refractivity contribution in [2.75, 3.05) is 17.3 Å². The average Bonchev–Trinajstić information content (AvgIpc) is 3.45. The lowest BCUT2D eigenvalue weighted by Gasteiger charge is -2.19. The predicted octanol–water partition coefficient (Wildman–Crippen LogP) is 1.68. The Kier molecular flexibility index (Phi) is 7.52. The van der Waals surface area contributed by atoms with E-state index in [0.717, 1.165) is 38.3 Å². The van der Waals surface area contributed by atoms with Gasteiger partial charge in [-0.3, -0.25) is 25.6 Å². The number of rotatable bonds is 12. The molecule has 2 amide bonds. The van der Waals surface area contributed by atoms with E-state index in [1.54, 1.807) is 0 Å². The topological polar surface area (TPSA) is 119 Å². The zero-order valence-corrected chi connectivity index (χ0v) is 14.7. The van der Waals surface area contributed by atoms with E-state index in [4.69, 9.17) is 0 Å². The van der Waals surface area contributed by atoms with Crippen molar-refractivity contribution in [1.29, 1.82) is 0 Å². The largest absolute Gasteiger partial charge is 0.365 e. The summed E-state index contributed by atoms with van der Waals surface area (Å²) in [6.07, 6.45) is 6.46. The molecule has 1 aliphatic carbocycles. The van der Waals surface area contributed by atoms with Crippen molar-refractivity contribution in [3.63, 3.8) is 0 Å². The van der Waals surface area contributed by atoms with Crippen molar-refractivity contribution in [1.82, 2.24) is 20.5 Å². The Hall–Kier alpha value is -2.49. The van der Waals surface area contributed by atoms with Crippen molar-refractivity contribution in [3.05, 3.63) is 12.0 Å². The van der Waals surface area contributed by atoms with Crippen LogP contribution in [-0.2, 0) is 9.59 Å². The van der Waals surface area contributed by atoms with E-state index in [1.807, 2.05) is 6.92 Å². The summed E-state index contributed by atoms with van der Waals surface area (Å²) in [6.45, 7) is 1.93. The summed E-state index contributed by atoms with van der Waals surface area (Å²) in [5.41, 5.74) is 5.00. The van der Waals surface area contributed by atoms with Gasteiger partial charge in [-0.05, 0) is 19.3 Å². The van der Waals surface area contributed by atoms with Crippen LogP contribution in [0.1, 0.15) is 45.4 Å². The zero-order chi connectivity index (χ0) is 18.9. The standard InChI is InChI=1S/C16H25FN6O3/c1-2-3-4-5-11(9-23(26)10-24)15(25)21-22-16-18-8-13(17)14(20-16)19-12-6-7-12/h8,10-12,26H,2-7,9H2,1H3,(H,21,25)(H2,18,19,20,22)/t11-/m1/s1. The molecule has 144 valence electrons. The van der Waals surface area contributed by atoms with Crippen molar-refractivity contribution in [2.45, 2.75) is 51.5 Å². The molecule has 1 saturated carbocycles. The molecule has 1 aromatic heterocycles. The number of nitrogens with zero attached hydrogens (tertiary/aromatic N) is 3. The third-order valence-electron chi connectivity index (χ3n) is 4.02. The Labute approximate surface area is 151 Å². The fourth-order valence-corrected chi connectivity index (χ4v) is 2.38. The number of aromatic nitrogens is 2. The molecule has 0 aromatic carbocycles. The Bertz CT molecular complexity index is 614. The summed E-state index contributed by atoms with van der Waals surface area (Å²) in [5, 5.41) is 12.8. The smallest absolute Gasteiger partial charge is 0.243 e. The molecule has 1 atom stereocenters. The highest BCUT2D eigenvalue weighted by atomic mass is 19.1. The molecule has 0 saturated heterocycles. The average molecular weight is 368 g/mol. The number of nitrogens with one attached hydrogen (secondary N) is 3. The Morgan fingerprint density at radius 2 is 2.27 bits per heavy atom. The first-order chi connectivity index (χ1) is 12.5. The van der Waals surface area contributed by atoms with Gasteiger partial charge in [0.1, 0.15) is 0 Å². The van der Waals surface area contributed by atoms with Gasteiger partial charge in [-0.25, -0.2) is 14.4 Å². The molecule has 1 aromatic rings. The van der Waals surface area contributed by atoms with Crippen molar-refractivity contribution < 1.29 is 19.2 Å². The zero-order valence-electron chi connectivity index (χ0n) is 14.7. The van der Waals surface area contributed by atoms with Crippen LogP contribution in [0, 0.1) is 11.7 Å². The number of carbonyl (C=O) groups is 2. The molecule has 1 fully saturated rings. The lowest BCUT2D eigenvalue weighted by atomic mass is 10.0. The summed E-state index contributed by atoms with van der Waals surface area (Å²) in [6, 6.07) is 0.226. The molecular formula is C16H25FN6O3. The van der Waals surface area contributed by atoms with Crippen LogP contribution in [-0.4, -0.2) is 45.1 Å². The molecule has 26 heavy (non-hydrogen) atoms. The van der Waals surface area contributed by atoms with Gasteiger partial charge in [0, 0.05) is 6.04 Å². The quantitative estimate of drug-likeness (QED) is 0.192. The van der Waals surface area contributed by atoms with E-state index in [-0.39, 0.29) is 30.8 Å². The second-order valence-corrected chi connectivity index (χ2v) is 6.34. The highest BCUT2D eigenvalue weighted by Gasteiger charge is 2.24. The third kappa shape index (κ3) is 6.43. The third-order valence-corrected chi connectivity index (χ3v) is 4.02. The fourth-order valence-electron chi connectivity index (χ4n) is 2.38. The highest BCUT2D eigenvalue weighted by Crippen LogP contribution is 2.25. The van der Waals surface area contributed by atoms with Crippen LogP contribution in [0.25, 0.3) is 0 Å². The highest BCUT2D eigenvalue weighted by molar-refractivity contribution is 5.80. The van der Waals surface area contributed by atoms with Crippen LogP contribution in [0.2, 0.25) is 0 Å². The van der Waals surface area contributed by atoms with Gasteiger partial charge in [0.2, 0.25) is 18.3 Å². The van der Waals surface area contributed by atoms with E-state index in [9.17, 15) is 19.2 Å². The minimum atomic E-state index is -0.589. The van der Waals surface area contributed by atoms with Crippen LogP contribution in [0.5, 0.6) is 0 Å². The number of anilines is 2. The van der Waals surface area contributed by atoms with Gasteiger partial charge >= 0.3 is 0 Å². The molecule has 2 rings (SSSR count). The fraction of sp³-hybridized carbons (Fsp3) is 0.625. The number of hydroxylamine groups is 2.